The summed E-state index contributed by atoms with van der Waals surface area (Å²) < 4.78 is 48.1. The van der Waals surface area contributed by atoms with Gasteiger partial charge in [-0.3, -0.25) is 10.1 Å². The van der Waals surface area contributed by atoms with E-state index in [0.717, 1.165) is 11.4 Å². The van der Waals surface area contributed by atoms with Crippen molar-refractivity contribution in [3.05, 3.63) is 58.6 Å². The number of sulfone groups is 1. The predicted octanol–water partition coefficient (Wildman–Crippen LogP) is 2.92. The fourth-order valence-electron chi connectivity index (χ4n) is 2.96. The van der Waals surface area contributed by atoms with Crippen LogP contribution in [0.5, 0.6) is 0 Å². The van der Waals surface area contributed by atoms with Crippen molar-refractivity contribution < 1.29 is 22.1 Å². The number of nitro benzene ring substituents is 1. The Bertz CT molecular complexity index is 910. The quantitative estimate of drug-likeness (QED) is 0.570. The lowest BCUT2D eigenvalue weighted by molar-refractivity contribution is -0.384. The van der Waals surface area contributed by atoms with E-state index in [1.165, 1.54) is 36.4 Å². The topological polar surface area (TPSA) is 83.8 Å². The third-order valence-electron chi connectivity index (χ3n) is 4.47. The molecule has 2 aromatic carbocycles. The molecule has 0 N–H and O–H groups in total. The maximum atomic E-state index is 12.6. The average Bonchev–Trinajstić information content (AvgIpc) is 2.68. The molecule has 1 fully saturated rings. The van der Waals surface area contributed by atoms with Gasteiger partial charge in [0.15, 0.2) is 0 Å². The lowest BCUT2D eigenvalue weighted by Crippen LogP contribution is -2.46. The van der Waals surface area contributed by atoms with E-state index in [2.05, 4.69) is 4.90 Å². The largest absolute Gasteiger partial charge is 0.368 e. The van der Waals surface area contributed by atoms with Gasteiger partial charge in [0, 0.05) is 49.7 Å². The van der Waals surface area contributed by atoms with Gasteiger partial charge in [-0.15, -0.1) is 0 Å². The maximum Gasteiger partial charge on any atom is 0.341 e. The first-order valence-corrected chi connectivity index (χ1v) is 9.70. The second-order valence-electron chi connectivity index (χ2n) is 6.05. The Morgan fingerprint density at radius 2 is 1.26 bits per heavy atom. The van der Waals surface area contributed by atoms with Gasteiger partial charge in [0.25, 0.3) is 5.69 Å². The Kier molecular flexibility index (Phi) is 5.26. The Labute approximate surface area is 154 Å². The van der Waals surface area contributed by atoms with Gasteiger partial charge < -0.3 is 9.80 Å². The highest BCUT2D eigenvalue weighted by atomic mass is 32.2. The second kappa shape index (κ2) is 7.47. The van der Waals surface area contributed by atoms with Gasteiger partial charge in [0.2, 0.25) is 9.84 Å². The summed E-state index contributed by atoms with van der Waals surface area (Å²) in [7, 11) is -4.59. The molecule has 1 heterocycles. The summed E-state index contributed by atoms with van der Waals surface area (Å²) in [4.78, 5) is 14.0. The van der Waals surface area contributed by atoms with Crippen molar-refractivity contribution in [3.8, 4) is 0 Å². The number of nitro groups is 1. The van der Waals surface area contributed by atoms with Gasteiger partial charge in [-0.2, -0.15) is 8.78 Å². The monoisotopic (exact) mass is 397 g/mol. The van der Waals surface area contributed by atoms with Gasteiger partial charge in [-0.25, -0.2) is 8.42 Å². The van der Waals surface area contributed by atoms with Crippen molar-refractivity contribution in [2.45, 2.75) is 10.7 Å². The summed E-state index contributed by atoms with van der Waals surface area (Å²) in [5.41, 5.74) is 1.68. The average molecular weight is 397 g/mol. The van der Waals surface area contributed by atoms with Crippen LogP contribution in [0.15, 0.2) is 53.4 Å². The van der Waals surface area contributed by atoms with Crippen LogP contribution >= 0.6 is 0 Å². The van der Waals surface area contributed by atoms with Crippen LogP contribution < -0.4 is 9.80 Å². The Morgan fingerprint density at radius 1 is 0.852 bits per heavy atom. The van der Waals surface area contributed by atoms with E-state index < -0.39 is 25.4 Å². The molecule has 1 saturated heterocycles. The molecule has 0 saturated carbocycles. The van der Waals surface area contributed by atoms with Crippen LogP contribution in [0.25, 0.3) is 0 Å². The van der Waals surface area contributed by atoms with Crippen molar-refractivity contribution in [1.82, 2.24) is 0 Å². The van der Waals surface area contributed by atoms with Crippen LogP contribution in [0.1, 0.15) is 0 Å². The van der Waals surface area contributed by atoms with E-state index in [-0.39, 0.29) is 5.69 Å². The van der Waals surface area contributed by atoms with Crippen molar-refractivity contribution in [2.24, 2.45) is 0 Å². The fraction of sp³-hybridized carbons (Fsp3) is 0.294. The number of rotatable bonds is 5. The zero-order valence-electron chi connectivity index (χ0n) is 14.2. The third kappa shape index (κ3) is 4.00. The molecule has 144 valence electrons. The Hall–Kier alpha value is -2.75. The molecule has 0 atom stereocenters. The number of alkyl halides is 2. The minimum atomic E-state index is -4.59. The van der Waals surface area contributed by atoms with Gasteiger partial charge >= 0.3 is 5.76 Å². The minimum Gasteiger partial charge on any atom is -0.368 e. The molecule has 0 unspecified atom stereocenters. The molecule has 2 aromatic rings. The van der Waals surface area contributed by atoms with E-state index in [9.17, 15) is 27.3 Å². The van der Waals surface area contributed by atoms with E-state index >= 15 is 0 Å². The molecule has 7 nitrogen and oxygen atoms in total. The highest BCUT2D eigenvalue weighted by molar-refractivity contribution is 7.91. The smallest absolute Gasteiger partial charge is 0.341 e. The normalized spacial score (nSPS) is 15.2. The molecule has 0 amide bonds. The fourth-order valence-corrected chi connectivity index (χ4v) is 3.68. The Balaban J connectivity index is 1.64. The van der Waals surface area contributed by atoms with Crippen molar-refractivity contribution in [3.63, 3.8) is 0 Å². The molecule has 0 spiro atoms. The first-order chi connectivity index (χ1) is 12.8. The van der Waals surface area contributed by atoms with Crippen LogP contribution in [0.3, 0.4) is 0 Å². The third-order valence-corrected chi connectivity index (χ3v) is 5.87. The number of benzene rings is 2. The molecule has 0 aliphatic carbocycles. The molecular weight excluding hydrogens is 380 g/mol. The SMILES string of the molecule is O=[N+]([O-])c1ccc(N2CCN(c3ccc(S(=O)(=O)C(F)F)cc3)CC2)cc1. The number of hydrogen-bond acceptors (Lipinski definition) is 6. The summed E-state index contributed by atoms with van der Waals surface area (Å²) in [6.07, 6.45) is 0. The molecule has 27 heavy (non-hydrogen) atoms. The number of anilines is 2. The predicted molar refractivity (Wildman–Crippen MR) is 97.2 cm³/mol. The van der Waals surface area contributed by atoms with Crippen LogP contribution in [-0.4, -0.2) is 45.3 Å². The molecule has 10 heteroatoms. The molecule has 1 aliphatic heterocycles. The lowest BCUT2D eigenvalue weighted by atomic mass is 10.2. The van der Waals surface area contributed by atoms with Crippen molar-refractivity contribution >= 4 is 26.9 Å². The van der Waals surface area contributed by atoms with Crippen LogP contribution in [0, 0.1) is 10.1 Å². The van der Waals surface area contributed by atoms with Crippen LogP contribution in [-0.2, 0) is 9.84 Å². The zero-order chi connectivity index (χ0) is 19.6. The molecule has 0 aromatic heterocycles. The van der Waals surface area contributed by atoms with Crippen molar-refractivity contribution in [1.29, 1.82) is 0 Å². The second-order valence-corrected chi connectivity index (χ2v) is 7.96. The minimum absolute atomic E-state index is 0.0382. The van der Waals surface area contributed by atoms with Crippen LogP contribution in [0.4, 0.5) is 25.8 Å². The molecule has 0 radical (unpaired) electrons. The number of halogens is 2. The first kappa shape index (κ1) is 19.0. The first-order valence-electron chi connectivity index (χ1n) is 8.15. The molecular formula is C17H17F2N3O4S. The number of piperazine rings is 1. The Morgan fingerprint density at radius 3 is 1.63 bits per heavy atom. The van der Waals surface area contributed by atoms with E-state index in [0.29, 0.717) is 26.2 Å². The summed E-state index contributed by atoms with van der Waals surface area (Å²) >= 11 is 0. The standard InChI is InChI=1S/C17H17F2N3O4S/c18-17(19)27(25,26)16-7-5-14(6-8-16)21-11-9-20(10-12-21)13-1-3-15(4-2-13)22(23)24/h1-8,17H,9-12H2. The number of nitrogens with zero attached hydrogens (tertiary/aromatic N) is 3. The highest BCUT2D eigenvalue weighted by Gasteiger charge is 2.26. The van der Waals surface area contributed by atoms with Gasteiger partial charge in [-0.05, 0) is 36.4 Å². The van der Waals surface area contributed by atoms with E-state index in [1.54, 1.807) is 12.1 Å². The number of hydrogen-bond donors (Lipinski definition) is 0. The van der Waals surface area contributed by atoms with E-state index in [1.807, 2.05) is 4.90 Å². The highest BCUT2D eigenvalue weighted by Crippen LogP contribution is 2.25. The van der Waals surface area contributed by atoms with Gasteiger partial charge in [0.05, 0.1) is 9.82 Å². The zero-order valence-corrected chi connectivity index (χ0v) is 15.0. The van der Waals surface area contributed by atoms with Crippen LogP contribution in [0.2, 0.25) is 0 Å². The number of non-ortho nitro benzene ring substituents is 1. The summed E-state index contributed by atoms with van der Waals surface area (Å²) in [5.74, 6) is -3.44. The summed E-state index contributed by atoms with van der Waals surface area (Å²) in [5, 5.41) is 10.7. The van der Waals surface area contributed by atoms with Gasteiger partial charge in [0.1, 0.15) is 0 Å². The summed E-state index contributed by atoms with van der Waals surface area (Å²) in [6, 6.07) is 11.8. The summed E-state index contributed by atoms with van der Waals surface area (Å²) in [6.45, 7) is 2.65. The van der Waals surface area contributed by atoms with Crippen molar-refractivity contribution in [2.75, 3.05) is 36.0 Å². The lowest BCUT2D eigenvalue weighted by Gasteiger charge is -2.37. The molecule has 1 aliphatic rings. The molecule has 0 bridgehead atoms. The van der Waals surface area contributed by atoms with Gasteiger partial charge in [-0.1, -0.05) is 0 Å². The maximum absolute atomic E-state index is 12.6. The molecule has 3 rings (SSSR count). The van der Waals surface area contributed by atoms with E-state index in [4.69, 9.17) is 0 Å².